The number of hydrogen-bond donors (Lipinski definition) is 2. The van der Waals surface area contributed by atoms with E-state index in [4.69, 9.17) is 9.88 Å². The fourth-order valence-electron chi connectivity index (χ4n) is 2.21. The molecule has 0 atom stereocenters. The Morgan fingerprint density at radius 3 is 2.25 bits per heavy atom. The summed E-state index contributed by atoms with van der Waals surface area (Å²) in [5.74, 6) is 0.255. The second-order valence-corrected chi connectivity index (χ2v) is 7.07. The number of primary sulfonamides is 1. The van der Waals surface area contributed by atoms with Crippen LogP contribution < -0.4 is 15.2 Å². The second kappa shape index (κ2) is 7.02. The van der Waals surface area contributed by atoms with Crippen molar-refractivity contribution in [3.63, 3.8) is 0 Å². The number of carbonyl (C=O) groups is 1. The molecule has 0 heterocycles. The summed E-state index contributed by atoms with van der Waals surface area (Å²) < 4.78 is 27.7. The van der Waals surface area contributed by atoms with E-state index in [2.05, 4.69) is 5.32 Å². The highest BCUT2D eigenvalue weighted by atomic mass is 32.2. The first-order valence-corrected chi connectivity index (χ1v) is 8.82. The largest absolute Gasteiger partial charge is 0.496 e. The van der Waals surface area contributed by atoms with Gasteiger partial charge in [0.1, 0.15) is 5.75 Å². The third-order valence-corrected chi connectivity index (χ3v) is 4.69. The molecule has 0 aliphatic heterocycles. The van der Waals surface area contributed by atoms with Gasteiger partial charge in [0.05, 0.1) is 17.6 Å². The molecule has 0 radical (unpaired) electrons. The van der Waals surface area contributed by atoms with Crippen molar-refractivity contribution in [1.82, 2.24) is 5.32 Å². The van der Waals surface area contributed by atoms with E-state index in [9.17, 15) is 13.2 Å². The van der Waals surface area contributed by atoms with E-state index in [-0.39, 0.29) is 17.3 Å². The molecule has 0 saturated heterocycles. The molecule has 1 amide bonds. The number of rotatable bonds is 5. The van der Waals surface area contributed by atoms with E-state index in [1.54, 1.807) is 18.2 Å². The van der Waals surface area contributed by atoms with Gasteiger partial charge in [0.15, 0.2) is 0 Å². The predicted molar refractivity (Wildman–Crippen MR) is 91.5 cm³/mol. The van der Waals surface area contributed by atoms with Gasteiger partial charge in [-0.25, -0.2) is 13.6 Å². The molecule has 2 rings (SSSR count). The van der Waals surface area contributed by atoms with E-state index in [0.29, 0.717) is 11.3 Å². The van der Waals surface area contributed by atoms with E-state index < -0.39 is 10.0 Å². The Morgan fingerprint density at radius 1 is 1.12 bits per heavy atom. The Morgan fingerprint density at radius 2 is 1.71 bits per heavy atom. The number of ether oxygens (including phenoxy) is 1. The van der Waals surface area contributed by atoms with Crippen LogP contribution >= 0.6 is 0 Å². The Kier molecular flexibility index (Phi) is 5.26. The number of methoxy groups -OCH3 is 1. The molecule has 0 aliphatic rings. The first kappa shape index (κ1) is 18.0. The summed E-state index contributed by atoms with van der Waals surface area (Å²) in [5, 5.41) is 7.85. The number of amides is 1. The molecule has 24 heavy (non-hydrogen) atoms. The smallest absolute Gasteiger partial charge is 0.255 e. The van der Waals surface area contributed by atoms with Crippen molar-refractivity contribution in [2.75, 3.05) is 7.11 Å². The fraction of sp³-hybridized carbons (Fsp3) is 0.235. The number of carbonyl (C=O) groups excluding carboxylic acids is 1. The molecule has 0 unspecified atom stereocenters. The SMILES string of the molecule is COc1cc(C)c(C)cc1C(=O)NCc1ccc(S(N)(=O)=O)cc1. The van der Waals surface area contributed by atoms with Gasteiger partial charge in [-0.05, 0) is 54.8 Å². The molecule has 0 aromatic heterocycles. The Bertz CT molecular complexity index is 859. The van der Waals surface area contributed by atoms with Gasteiger partial charge < -0.3 is 10.1 Å². The third kappa shape index (κ3) is 4.12. The standard InChI is InChI=1S/C17H20N2O4S/c1-11-8-15(16(23-3)9-12(11)2)17(20)19-10-13-4-6-14(7-5-13)24(18,21)22/h4-9H,10H2,1-3H3,(H,19,20)(H2,18,21,22). The number of nitrogens with one attached hydrogen (secondary N) is 1. The lowest BCUT2D eigenvalue weighted by Gasteiger charge is -2.12. The van der Waals surface area contributed by atoms with E-state index in [1.165, 1.54) is 19.2 Å². The molecular formula is C17H20N2O4S. The summed E-state index contributed by atoms with van der Waals surface area (Å²) >= 11 is 0. The summed E-state index contributed by atoms with van der Waals surface area (Å²) in [7, 11) is -2.19. The number of benzene rings is 2. The Hall–Kier alpha value is -2.38. The molecule has 0 bridgehead atoms. The maximum atomic E-state index is 12.4. The van der Waals surface area contributed by atoms with E-state index in [0.717, 1.165) is 16.7 Å². The number of aryl methyl sites for hydroxylation is 2. The minimum absolute atomic E-state index is 0.0356. The van der Waals surface area contributed by atoms with Crippen LogP contribution in [0, 0.1) is 13.8 Å². The summed E-state index contributed by atoms with van der Waals surface area (Å²) in [6.07, 6.45) is 0. The quantitative estimate of drug-likeness (QED) is 0.862. The van der Waals surface area contributed by atoms with Gasteiger partial charge in [0, 0.05) is 6.54 Å². The lowest BCUT2D eigenvalue weighted by Crippen LogP contribution is -2.23. The minimum Gasteiger partial charge on any atom is -0.496 e. The van der Waals surface area contributed by atoms with Crippen LogP contribution in [-0.2, 0) is 16.6 Å². The maximum Gasteiger partial charge on any atom is 0.255 e. The zero-order chi connectivity index (χ0) is 17.9. The van der Waals surface area contributed by atoms with Gasteiger partial charge in [-0.1, -0.05) is 12.1 Å². The van der Waals surface area contributed by atoms with E-state index in [1.807, 2.05) is 19.9 Å². The van der Waals surface area contributed by atoms with Crippen molar-refractivity contribution in [2.45, 2.75) is 25.3 Å². The average molecular weight is 348 g/mol. The predicted octanol–water partition coefficient (Wildman–Crippen LogP) is 1.89. The van der Waals surface area contributed by atoms with Crippen LogP contribution in [0.25, 0.3) is 0 Å². The van der Waals surface area contributed by atoms with Crippen molar-refractivity contribution in [3.8, 4) is 5.75 Å². The van der Waals surface area contributed by atoms with Crippen LogP contribution in [0.5, 0.6) is 5.75 Å². The Labute approximate surface area is 141 Å². The van der Waals surface area contributed by atoms with Crippen molar-refractivity contribution < 1.29 is 17.9 Å². The van der Waals surface area contributed by atoms with Crippen LogP contribution in [0.3, 0.4) is 0 Å². The molecule has 0 fully saturated rings. The first-order valence-electron chi connectivity index (χ1n) is 7.27. The zero-order valence-corrected chi connectivity index (χ0v) is 14.6. The summed E-state index contributed by atoms with van der Waals surface area (Å²) in [6.45, 7) is 4.14. The van der Waals surface area contributed by atoms with Gasteiger partial charge >= 0.3 is 0 Å². The normalized spacial score (nSPS) is 11.2. The molecule has 0 spiro atoms. The third-order valence-electron chi connectivity index (χ3n) is 3.77. The summed E-state index contributed by atoms with van der Waals surface area (Å²) in [5.41, 5.74) is 3.26. The van der Waals surface area contributed by atoms with Gasteiger partial charge in [0.25, 0.3) is 5.91 Å². The highest BCUT2D eigenvalue weighted by Crippen LogP contribution is 2.23. The minimum atomic E-state index is -3.72. The molecule has 0 aliphatic carbocycles. The molecule has 6 nitrogen and oxygen atoms in total. The molecule has 3 N–H and O–H groups in total. The van der Waals surface area contributed by atoms with Gasteiger partial charge in [0.2, 0.25) is 10.0 Å². The monoisotopic (exact) mass is 348 g/mol. The maximum absolute atomic E-state index is 12.4. The Balaban J connectivity index is 2.12. The topological polar surface area (TPSA) is 98.5 Å². The van der Waals surface area contributed by atoms with Crippen LogP contribution in [0.4, 0.5) is 0 Å². The first-order chi connectivity index (χ1) is 11.2. The van der Waals surface area contributed by atoms with Crippen LogP contribution in [0.1, 0.15) is 27.0 Å². The lowest BCUT2D eigenvalue weighted by molar-refractivity contribution is 0.0947. The van der Waals surface area contributed by atoms with Crippen molar-refractivity contribution in [1.29, 1.82) is 0 Å². The van der Waals surface area contributed by atoms with Crippen LogP contribution in [-0.4, -0.2) is 21.4 Å². The molecule has 0 saturated carbocycles. The van der Waals surface area contributed by atoms with Crippen LogP contribution in [0.2, 0.25) is 0 Å². The van der Waals surface area contributed by atoms with Crippen molar-refractivity contribution in [3.05, 3.63) is 58.7 Å². The zero-order valence-electron chi connectivity index (χ0n) is 13.8. The molecule has 128 valence electrons. The van der Waals surface area contributed by atoms with Gasteiger partial charge in [-0.15, -0.1) is 0 Å². The number of sulfonamides is 1. The van der Waals surface area contributed by atoms with Crippen LogP contribution in [0.15, 0.2) is 41.3 Å². The molecule has 2 aromatic carbocycles. The van der Waals surface area contributed by atoms with Crippen molar-refractivity contribution in [2.24, 2.45) is 5.14 Å². The highest BCUT2D eigenvalue weighted by Gasteiger charge is 2.14. The lowest BCUT2D eigenvalue weighted by atomic mass is 10.0. The fourth-order valence-corrected chi connectivity index (χ4v) is 2.73. The van der Waals surface area contributed by atoms with E-state index >= 15 is 0 Å². The summed E-state index contributed by atoms with van der Waals surface area (Å²) in [6, 6.07) is 9.65. The average Bonchev–Trinajstić information content (AvgIpc) is 2.54. The molecular weight excluding hydrogens is 328 g/mol. The van der Waals surface area contributed by atoms with Crippen molar-refractivity contribution >= 4 is 15.9 Å². The number of hydrogen-bond acceptors (Lipinski definition) is 4. The second-order valence-electron chi connectivity index (χ2n) is 5.51. The highest BCUT2D eigenvalue weighted by molar-refractivity contribution is 7.89. The molecule has 7 heteroatoms. The summed E-state index contributed by atoms with van der Waals surface area (Å²) in [4.78, 5) is 12.4. The number of nitrogens with two attached hydrogens (primary N) is 1. The molecule has 2 aromatic rings. The van der Waals surface area contributed by atoms with Gasteiger partial charge in [-0.2, -0.15) is 0 Å². The van der Waals surface area contributed by atoms with Gasteiger partial charge in [-0.3, -0.25) is 4.79 Å².